The normalized spacial score (nSPS) is 10.5. The summed E-state index contributed by atoms with van der Waals surface area (Å²) < 4.78 is 5.59. The van der Waals surface area contributed by atoms with Crippen LogP contribution < -0.4 is 5.32 Å². The Morgan fingerprint density at radius 2 is 2.04 bits per heavy atom. The van der Waals surface area contributed by atoms with Crippen LogP contribution in [0.4, 0.5) is 0 Å². The molecule has 0 spiro atoms. The van der Waals surface area contributed by atoms with E-state index in [0.717, 1.165) is 5.56 Å². The van der Waals surface area contributed by atoms with Crippen molar-refractivity contribution in [2.75, 3.05) is 0 Å². The fourth-order valence-corrected chi connectivity index (χ4v) is 2.57. The molecule has 23 heavy (non-hydrogen) atoms. The van der Waals surface area contributed by atoms with Gasteiger partial charge in [0, 0.05) is 29.5 Å². The first-order valence-corrected chi connectivity index (χ1v) is 7.61. The molecule has 2 aromatic heterocycles. The highest BCUT2D eigenvalue weighted by Crippen LogP contribution is 2.31. The maximum absolute atomic E-state index is 12.1. The average molecular weight is 347 g/mol. The molecule has 0 atom stereocenters. The fourth-order valence-electron chi connectivity index (χ4n) is 2.07. The number of benzene rings is 1. The summed E-state index contributed by atoms with van der Waals surface area (Å²) in [5, 5.41) is 3.79. The topological polar surface area (TPSA) is 55.1 Å². The number of pyridine rings is 1. The lowest BCUT2D eigenvalue weighted by atomic mass is 10.2. The Labute approximate surface area is 143 Å². The molecule has 0 aliphatic rings. The predicted octanol–water partition coefficient (Wildman–Crippen LogP) is 4.58. The van der Waals surface area contributed by atoms with Gasteiger partial charge in [0.05, 0.1) is 5.02 Å². The highest BCUT2D eigenvalue weighted by molar-refractivity contribution is 6.36. The first kappa shape index (κ1) is 15.6. The van der Waals surface area contributed by atoms with Crippen LogP contribution >= 0.6 is 23.2 Å². The number of nitrogens with one attached hydrogen (secondary N) is 1. The van der Waals surface area contributed by atoms with Crippen molar-refractivity contribution < 1.29 is 9.21 Å². The van der Waals surface area contributed by atoms with Gasteiger partial charge >= 0.3 is 0 Å². The maximum atomic E-state index is 12.1. The highest BCUT2D eigenvalue weighted by Gasteiger charge is 2.14. The molecular weight excluding hydrogens is 335 g/mol. The van der Waals surface area contributed by atoms with E-state index in [0.29, 0.717) is 27.9 Å². The minimum atomic E-state index is -0.301. The minimum absolute atomic E-state index is 0.218. The molecular formula is C17H12Cl2N2O2. The number of hydrogen-bond donors (Lipinski definition) is 1. The van der Waals surface area contributed by atoms with Gasteiger partial charge in [-0.2, -0.15) is 0 Å². The number of halogens is 2. The zero-order valence-electron chi connectivity index (χ0n) is 11.9. The fraction of sp³-hybridized carbons (Fsp3) is 0.0588. The summed E-state index contributed by atoms with van der Waals surface area (Å²) in [5.41, 5.74) is 1.59. The maximum Gasteiger partial charge on any atom is 0.287 e. The molecule has 2 heterocycles. The number of aromatic nitrogens is 1. The van der Waals surface area contributed by atoms with Crippen molar-refractivity contribution >= 4 is 29.1 Å². The lowest BCUT2D eigenvalue weighted by Gasteiger charge is -2.03. The monoisotopic (exact) mass is 346 g/mol. The second-order valence-corrected chi connectivity index (χ2v) is 5.68. The van der Waals surface area contributed by atoms with Crippen LogP contribution in [0.3, 0.4) is 0 Å². The number of rotatable bonds is 4. The predicted molar refractivity (Wildman–Crippen MR) is 89.6 cm³/mol. The van der Waals surface area contributed by atoms with Gasteiger partial charge in [-0.1, -0.05) is 29.3 Å². The largest absolute Gasteiger partial charge is 0.451 e. The van der Waals surface area contributed by atoms with Crippen LogP contribution in [0.15, 0.2) is 59.3 Å². The third-order valence-electron chi connectivity index (χ3n) is 3.20. The van der Waals surface area contributed by atoms with Crippen molar-refractivity contribution in [2.45, 2.75) is 6.54 Å². The zero-order chi connectivity index (χ0) is 16.2. The Morgan fingerprint density at radius 3 is 2.78 bits per heavy atom. The van der Waals surface area contributed by atoms with E-state index in [1.165, 1.54) is 0 Å². The number of carbonyl (C=O) groups is 1. The summed E-state index contributed by atoms with van der Waals surface area (Å²) in [6.45, 7) is 0.379. The molecule has 1 amide bonds. The minimum Gasteiger partial charge on any atom is -0.451 e. The van der Waals surface area contributed by atoms with Crippen molar-refractivity contribution in [3.63, 3.8) is 0 Å². The molecule has 0 aliphatic heterocycles. The van der Waals surface area contributed by atoms with Crippen LogP contribution in [0.1, 0.15) is 16.1 Å². The molecule has 1 N–H and O–H groups in total. The van der Waals surface area contributed by atoms with Crippen LogP contribution in [0.2, 0.25) is 10.0 Å². The zero-order valence-corrected chi connectivity index (χ0v) is 13.4. The van der Waals surface area contributed by atoms with Crippen molar-refractivity contribution in [1.82, 2.24) is 10.3 Å². The number of hydrogen-bond acceptors (Lipinski definition) is 3. The summed E-state index contributed by atoms with van der Waals surface area (Å²) >= 11 is 12.0. The van der Waals surface area contributed by atoms with E-state index >= 15 is 0 Å². The molecule has 0 bridgehead atoms. The van der Waals surface area contributed by atoms with E-state index in [1.807, 2.05) is 12.1 Å². The summed E-state index contributed by atoms with van der Waals surface area (Å²) in [7, 11) is 0. The van der Waals surface area contributed by atoms with Crippen molar-refractivity contribution in [1.29, 1.82) is 0 Å². The van der Waals surface area contributed by atoms with Gasteiger partial charge in [-0.3, -0.25) is 9.78 Å². The van der Waals surface area contributed by atoms with E-state index < -0.39 is 0 Å². The highest BCUT2D eigenvalue weighted by atomic mass is 35.5. The number of nitrogens with zero attached hydrogens (tertiary/aromatic N) is 1. The molecule has 0 aliphatic carbocycles. The molecule has 3 aromatic rings. The third-order valence-corrected chi connectivity index (χ3v) is 3.75. The molecule has 4 nitrogen and oxygen atoms in total. The summed E-state index contributed by atoms with van der Waals surface area (Å²) in [4.78, 5) is 16.1. The molecule has 6 heteroatoms. The third kappa shape index (κ3) is 3.73. The van der Waals surface area contributed by atoms with E-state index in [1.54, 1.807) is 42.7 Å². The van der Waals surface area contributed by atoms with Gasteiger partial charge < -0.3 is 9.73 Å². The Hall–Kier alpha value is -2.30. The quantitative estimate of drug-likeness (QED) is 0.752. The Balaban J connectivity index is 1.72. The average Bonchev–Trinajstić information content (AvgIpc) is 3.03. The van der Waals surface area contributed by atoms with E-state index in [4.69, 9.17) is 27.6 Å². The molecule has 0 fully saturated rings. The molecule has 0 saturated heterocycles. The smallest absolute Gasteiger partial charge is 0.287 e. The summed E-state index contributed by atoms with van der Waals surface area (Å²) in [6, 6.07) is 12.1. The molecule has 0 unspecified atom stereocenters. The molecule has 0 radical (unpaired) electrons. The first-order valence-electron chi connectivity index (χ1n) is 6.86. The van der Waals surface area contributed by atoms with E-state index in [-0.39, 0.29) is 11.7 Å². The summed E-state index contributed by atoms with van der Waals surface area (Å²) in [6.07, 6.45) is 3.38. The van der Waals surface area contributed by atoms with Gasteiger partial charge in [0.15, 0.2) is 5.76 Å². The first-order chi connectivity index (χ1) is 11.1. The number of furan rings is 1. The van der Waals surface area contributed by atoms with Gasteiger partial charge in [0.2, 0.25) is 0 Å². The molecule has 116 valence electrons. The lowest BCUT2D eigenvalue weighted by molar-refractivity contribution is 0.0924. The van der Waals surface area contributed by atoms with Crippen LogP contribution in [0.25, 0.3) is 11.3 Å². The standard InChI is InChI=1S/C17H12Cl2N2O2/c18-12-3-4-13(14(19)8-12)15-5-6-16(23-15)17(22)21-10-11-2-1-7-20-9-11/h1-9H,10H2,(H,21,22). The van der Waals surface area contributed by atoms with Crippen LogP contribution in [-0.2, 0) is 6.54 Å². The van der Waals surface area contributed by atoms with Gasteiger partial charge in [0.1, 0.15) is 5.76 Å². The molecule has 0 saturated carbocycles. The molecule has 3 rings (SSSR count). The van der Waals surface area contributed by atoms with Crippen molar-refractivity contribution in [3.8, 4) is 11.3 Å². The van der Waals surface area contributed by atoms with Gasteiger partial charge in [-0.25, -0.2) is 0 Å². The SMILES string of the molecule is O=C(NCc1cccnc1)c1ccc(-c2ccc(Cl)cc2Cl)o1. The lowest BCUT2D eigenvalue weighted by Crippen LogP contribution is -2.22. The Morgan fingerprint density at radius 1 is 1.17 bits per heavy atom. The summed E-state index contributed by atoms with van der Waals surface area (Å²) in [5.74, 6) is 0.429. The van der Waals surface area contributed by atoms with E-state index in [2.05, 4.69) is 10.3 Å². The molecule has 1 aromatic carbocycles. The van der Waals surface area contributed by atoms with Gasteiger partial charge in [-0.15, -0.1) is 0 Å². The second kappa shape index (κ2) is 6.86. The number of carbonyl (C=O) groups excluding carboxylic acids is 1. The Kier molecular flexibility index (Phi) is 4.65. The second-order valence-electron chi connectivity index (χ2n) is 4.83. The Bertz CT molecular complexity index is 832. The van der Waals surface area contributed by atoms with Crippen LogP contribution in [-0.4, -0.2) is 10.9 Å². The van der Waals surface area contributed by atoms with Crippen LogP contribution in [0, 0.1) is 0 Å². The van der Waals surface area contributed by atoms with Crippen LogP contribution in [0.5, 0.6) is 0 Å². The van der Waals surface area contributed by atoms with Gasteiger partial charge in [-0.05, 0) is 42.0 Å². The van der Waals surface area contributed by atoms with E-state index in [9.17, 15) is 4.79 Å². The van der Waals surface area contributed by atoms with Gasteiger partial charge in [0.25, 0.3) is 5.91 Å². The van der Waals surface area contributed by atoms with Crippen molar-refractivity contribution in [2.24, 2.45) is 0 Å². The van der Waals surface area contributed by atoms with Crippen molar-refractivity contribution in [3.05, 3.63) is 76.2 Å². The number of amides is 1.